The number of hydrogen-bond donors (Lipinski definition) is 2. The number of carbonyl (C=O) groups excluding carboxylic acids is 2. The summed E-state index contributed by atoms with van der Waals surface area (Å²) in [7, 11) is 0. The molecule has 1 amide bonds. The Kier molecular flexibility index (Phi) is 7.29. The molecule has 1 aromatic carbocycles. The molecule has 5 rings (SSSR count). The molecule has 12 heteroatoms. The monoisotopic (exact) mass is 610 g/mol. The Bertz CT molecular complexity index is 1370. The molecular weight excluding hydrogens is 585 g/mol. The van der Waals surface area contributed by atoms with Crippen molar-refractivity contribution < 1.29 is 27.5 Å². The topological polar surface area (TPSA) is 85.2 Å². The normalized spacial score (nSPS) is 20.7. The molecule has 202 valence electrons. The van der Waals surface area contributed by atoms with E-state index in [1.807, 2.05) is 0 Å². The highest BCUT2D eigenvalue weighted by Gasteiger charge is 2.47. The highest BCUT2D eigenvalue weighted by atomic mass is 79.9. The molecule has 1 aliphatic carbocycles. The van der Waals surface area contributed by atoms with E-state index >= 15 is 0 Å². The van der Waals surface area contributed by atoms with E-state index in [2.05, 4.69) is 38.6 Å². The third-order valence-corrected chi connectivity index (χ3v) is 8.61. The maximum absolute atomic E-state index is 14.1. The van der Waals surface area contributed by atoms with Gasteiger partial charge in [0, 0.05) is 21.8 Å². The second kappa shape index (κ2) is 10.4. The zero-order valence-corrected chi connectivity index (χ0v) is 23.1. The van der Waals surface area contributed by atoms with Crippen molar-refractivity contribution in [1.29, 1.82) is 0 Å². The van der Waals surface area contributed by atoms with Gasteiger partial charge in [-0.15, -0.1) is 11.3 Å². The summed E-state index contributed by atoms with van der Waals surface area (Å²) in [6.45, 7) is 4.02. The molecule has 0 saturated carbocycles. The van der Waals surface area contributed by atoms with Gasteiger partial charge in [-0.05, 0) is 55.4 Å². The summed E-state index contributed by atoms with van der Waals surface area (Å²) in [4.78, 5) is 27.0. The molecule has 0 bridgehead atoms. The SMILES string of the molecule is CCOC(=O)c1c(NC(=O)c2cc3n(n2)[C@H](C(F)(F)F)C[C@@H](c2ccc(Br)cc2)N3)sc2c1CC[C@@H](C)C2. The molecule has 3 atom stereocenters. The first-order valence-corrected chi connectivity index (χ1v) is 14.0. The quantitative estimate of drug-likeness (QED) is 0.306. The maximum atomic E-state index is 14.1. The van der Waals surface area contributed by atoms with Crippen LogP contribution in [0.4, 0.5) is 24.0 Å². The van der Waals surface area contributed by atoms with Crippen LogP contribution in [0.2, 0.25) is 0 Å². The minimum Gasteiger partial charge on any atom is -0.462 e. The van der Waals surface area contributed by atoms with Crippen LogP contribution in [-0.2, 0) is 17.6 Å². The molecule has 0 saturated heterocycles. The van der Waals surface area contributed by atoms with E-state index in [9.17, 15) is 22.8 Å². The minimum absolute atomic E-state index is 0.0987. The Morgan fingerprint density at radius 2 is 2.03 bits per heavy atom. The van der Waals surface area contributed by atoms with Crippen molar-refractivity contribution in [3.05, 3.63) is 62.1 Å². The van der Waals surface area contributed by atoms with Gasteiger partial charge in [0.15, 0.2) is 11.7 Å². The first kappa shape index (κ1) is 26.7. The van der Waals surface area contributed by atoms with Crippen LogP contribution in [0.3, 0.4) is 0 Å². The zero-order valence-electron chi connectivity index (χ0n) is 20.7. The molecule has 2 N–H and O–H groups in total. The average molecular weight is 611 g/mol. The Labute approximate surface area is 229 Å². The van der Waals surface area contributed by atoms with Gasteiger partial charge < -0.3 is 15.4 Å². The Balaban J connectivity index is 1.45. The second-order valence-corrected chi connectivity index (χ2v) is 11.7. The number of aromatic nitrogens is 2. The predicted octanol–water partition coefficient (Wildman–Crippen LogP) is 6.92. The van der Waals surface area contributed by atoms with Crippen LogP contribution in [0.25, 0.3) is 0 Å². The summed E-state index contributed by atoms with van der Waals surface area (Å²) in [5, 5.41) is 10.2. The van der Waals surface area contributed by atoms with Crippen LogP contribution in [0.1, 0.15) is 75.6 Å². The lowest BCUT2D eigenvalue weighted by atomic mass is 9.88. The van der Waals surface area contributed by atoms with Crippen LogP contribution < -0.4 is 10.6 Å². The Morgan fingerprint density at radius 3 is 2.71 bits per heavy atom. The molecule has 1 aliphatic heterocycles. The van der Waals surface area contributed by atoms with Crippen molar-refractivity contribution in [3.63, 3.8) is 0 Å². The van der Waals surface area contributed by atoms with Gasteiger partial charge in [-0.1, -0.05) is 35.0 Å². The number of rotatable bonds is 5. The minimum atomic E-state index is -4.56. The van der Waals surface area contributed by atoms with Gasteiger partial charge in [0.2, 0.25) is 0 Å². The van der Waals surface area contributed by atoms with E-state index < -0.39 is 30.1 Å². The average Bonchev–Trinajstić information content (AvgIpc) is 3.44. The number of benzene rings is 1. The molecule has 0 spiro atoms. The molecule has 2 aliphatic rings. The standard InChI is InChI=1S/C26H26BrF3N4O3S/c1-3-37-25(36)22-16-9-4-13(2)10-19(16)38-24(22)32-23(35)18-12-21-31-17(14-5-7-15(27)8-6-14)11-20(26(28,29)30)34(21)33-18/h5-8,12-13,17,20,31H,3-4,9-11H2,1-2H3,(H,32,35)/t13-,17+,20+/m1/s1. The van der Waals surface area contributed by atoms with E-state index in [-0.39, 0.29) is 24.5 Å². The number of nitrogens with one attached hydrogen (secondary N) is 2. The van der Waals surface area contributed by atoms with Crippen molar-refractivity contribution in [2.45, 2.75) is 57.8 Å². The lowest BCUT2D eigenvalue weighted by Gasteiger charge is -2.33. The number of anilines is 2. The third kappa shape index (κ3) is 5.20. The summed E-state index contributed by atoms with van der Waals surface area (Å²) >= 11 is 4.66. The lowest BCUT2D eigenvalue weighted by Crippen LogP contribution is -2.35. The number of amides is 1. The van der Waals surface area contributed by atoms with Gasteiger partial charge in [-0.3, -0.25) is 4.79 Å². The van der Waals surface area contributed by atoms with Gasteiger partial charge >= 0.3 is 12.1 Å². The fourth-order valence-corrected chi connectivity index (χ4v) is 6.68. The summed E-state index contributed by atoms with van der Waals surface area (Å²) < 4.78 is 49.1. The number of carbonyl (C=O) groups is 2. The van der Waals surface area contributed by atoms with Gasteiger partial charge in [0.25, 0.3) is 5.91 Å². The van der Waals surface area contributed by atoms with Crippen LogP contribution in [-0.4, -0.2) is 34.4 Å². The molecule has 0 unspecified atom stereocenters. The number of thiophene rings is 1. The third-order valence-electron chi connectivity index (χ3n) is 6.91. The summed E-state index contributed by atoms with van der Waals surface area (Å²) in [5.41, 5.74) is 1.73. The molecule has 3 heterocycles. The summed E-state index contributed by atoms with van der Waals surface area (Å²) in [6.07, 6.45) is -2.43. The number of esters is 1. The van der Waals surface area contributed by atoms with E-state index in [4.69, 9.17) is 4.74 Å². The van der Waals surface area contributed by atoms with E-state index in [1.54, 1.807) is 31.2 Å². The lowest BCUT2D eigenvalue weighted by molar-refractivity contribution is -0.173. The number of halogens is 4. The molecule has 3 aromatic rings. The van der Waals surface area contributed by atoms with Crippen molar-refractivity contribution in [2.24, 2.45) is 5.92 Å². The zero-order chi connectivity index (χ0) is 27.2. The van der Waals surface area contributed by atoms with Crippen molar-refractivity contribution in [3.8, 4) is 0 Å². The Hall–Kier alpha value is -2.86. The van der Waals surface area contributed by atoms with E-state index in [1.165, 1.54) is 17.4 Å². The first-order chi connectivity index (χ1) is 18.0. The molecule has 0 radical (unpaired) electrons. The molecule has 7 nitrogen and oxygen atoms in total. The second-order valence-electron chi connectivity index (χ2n) is 9.63. The highest BCUT2D eigenvalue weighted by Crippen LogP contribution is 2.44. The smallest absolute Gasteiger partial charge is 0.410 e. The summed E-state index contributed by atoms with van der Waals surface area (Å²) in [5.74, 6) is -0.660. The fourth-order valence-electron chi connectivity index (χ4n) is 5.02. The molecular formula is C26H26BrF3N4O3S. The number of hydrogen-bond acceptors (Lipinski definition) is 6. The molecule has 38 heavy (non-hydrogen) atoms. The van der Waals surface area contributed by atoms with Gasteiger partial charge in [-0.25, -0.2) is 9.48 Å². The van der Waals surface area contributed by atoms with Crippen molar-refractivity contribution in [2.75, 3.05) is 17.2 Å². The molecule has 0 fully saturated rings. The Morgan fingerprint density at radius 1 is 1.29 bits per heavy atom. The number of fused-ring (bicyclic) bond motifs is 2. The highest BCUT2D eigenvalue weighted by molar-refractivity contribution is 9.10. The number of nitrogens with zero attached hydrogens (tertiary/aromatic N) is 2. The number of ether oxygens (including phenoxy) is 1. The predicted molar refractivity (Wildman–Crippen MR) is 142 cm³/mol. The van der Waals surface area contributed by atoms with Gasteiger partial charge in [-0.2, -0.15) is 18.3 Å². The fraction of sp³-hybridized carbons (Fsp3) is 0.423. The van der Waals surface area contributed by atoms with E-state index in [0.29, 0.717) is 28.5 Å². The van der Waals surface area contributed by atoms with Gasteiger partial charge in [0.05, 0.1) is 18.2 Å². The van der Waals surface area contributed by atoms with Crippen LogP contribution >= 0.6 is 27.3 Å². The van der Waals surface area contributed by atoms with E-state index in [0.717, 1.165) is 32.4 Å². The maximum Gasteiger partial charge on any atom is 0.410 e. The van der Waals surface area contributed by atoms with Gasteiger partial charge in [0.1, 0.15) is 10.8 Å². The van der Waals surface area contributed by atoms with Crippen LogP contribution in [0, 0.1) is 5.92 Å². The van der Waals surface area contributed by atoms with Crippen molar-refractivity contribution >= 4 is 50.0 Å². The summed E-state index contributed by atoms with van der Waals surface area (Å²) in [6, 6.07) is 5.85. The number of alkyl halides is 3. The molecule has 2 aromatic heterocycles. The van der Waals surface area contributed by atoms with Crippen LogP contribution in [0.15, 0.2) is 34.8 Å². The van der Waals surface area contributed by atoms with Crippen molar-refractivity contribution in [1.82, 2.24) is 9.78 Å². The van der Waals surface area contributed by atoms with Crippen LogP contribution in [0.5, 0.6) is 0 Å². The largest absolute Gasteiger partial charge is 0.462 e. The first-order valence-electron chi connectivity index (χ1n) is 12.4.